The predicted octanol–water partition coefficient (Wildman–Crippen LogP) is 4.20. The molecule has 166 valence electrons. The first-order valence-corrected chi connectivity index (χ1v) is 13.3. The Morgan fingerprint density at radius 2 is 2.00 bits per heavy atom. The molecular formula is C21H24N2O5S3. The van der Waals surface area contributed by atoms with Gasteiger partial charge < -0.3 is 4.74 Å². The van der Waals surface area contributed by atoms with E-state index in [2.05, 4.69) is 24.0 Å². The van der Waals surface area contributed by atoms with Crippen LogP contribution in [0.2, 0.25) is 0 Å². The van der Waals surface area contributed by atoms with Crippen LogP contribution in [-0.2, 0) is 25.8 Å². The fraction of sp³-hybridized carbons (Fsp3) is 0.429. The molecule has 0 aliphatic carbocycles. The van der Waals surface area contributed by atoms with Gasteiger partial charge in [-0.05, 0) is 56.0 Å². The standard InChI is InChI=1S/C21H24N2O5S3/c1-2-3-4-14-5-8-17(29-14)19-22-16-7-6-15(13-18(16)30-19)31(26,27)21(20(24)23-25)9-11-28-12-10-21/h5-8,13,25H,2-4,9-12H2,1H3,(H,23,24). The monoisotopic (exact) mass is 480 g/mol. The third-order valence-electron chi connectivity index (χ3n) is 5.65. The van der Waals surface area contributed by atoms with Crippen LogP contribution in [0.5, 0.6) is 0 Å². The molecule has 1 amide bonds. The second kappa shape index (κ2) is 8.95. The van der Waals surface area contributed by atoms with E-state index in [1.807, 2.05) is 0 Å². The number of carbonyl (C=O) groups excluding carboxylic acids is 1. The van der Waals surface area contributed by atoms with Gasteiger partial charge in [0.15, 0.2) is 14.6 Å². The summed E-state index contributed by atoms with van der Waals surface area (Å²) in [6, 6.07) is 8.94. The van der Waals surface area contributed by atoms with Gasteiger partial charge >= 0.3 is 0 Å². The number of benzene rings is 1. The van der Waals surface area contributed by atoms with Crippen LogP contribution in [0.15, 0.2) is 35.2 Å². The number of aromatic nitrogens is 1. The molecule has 10 heteroatoms. The molecule has 0 unspecified atom stereocenters. The number of amides is 1. The number of nitrogens with one attached hydrogen (secondary N) is 1. The Morgan fingerprint density at radius 3 is 2.71 bits per heavy atom. The molecule has 31 heavy (non-hydrogen) atoms. The molecule has 1 saturated heterocycles. The van der Waals surface area contributed by atoms with E-state index < -0.39 is 20.5 Å². The SMILES string of the molecule is CCCCc1ccc(-c2nc3ccc(S(=O)(=O)C4(C(=O)NO)CCOCC4)cc3s2)s1. The van der Waals surface area contributed by atoms with Gasteiger partial charge in [0.05, 0.1) is 20.0 Å². The van der Waals surface area contributed by atoms with E-state index in [-0.39, 0.29) is 31.0 Å². The van der Waals surface area contributed by atoms with Crippen molar-refractivity contribution in [2.24, 2.45) is 0 Å². The van der Waals surface area contributed by atoms with Crippen molar-refractivity contribution in [2.75, 3.05) is 13.2 Å². The van der Waals surface area contributed by atoms with Crippen LogP contribution in [0.3, 0.4) is 0 Å². The van der Waals surface area contributed by atoms with Crippen molar-refractivity contribution in [3.05, 3.63) is 35.2 Å². The number of sulfone groups is 1. The summed E-state index contributed by atoms with van der Waals surface area (Å²) in [6.07, 6.45) is 3.32. The molecule has 3 aromatic rings. The number of fused-ring (bicyclic) bond motifs is 1. The molecular weight excluding hydrogens is 456 g/mol. The van der Waals surface area contributed by atoms with Gasteiger partial charge in [0.2, 0.25) is 0 Å². The number of thiazole rings is 1. The van der Waals surface area contributed by atoms with Gasteiger partial charge in [0.25, 0.3) is 5.91 Å². The van der Waals surface area contributed by atoms with Gasteiger partial charge in [-0.1, -0.05) is 13.3 Å². The summed E-state index contributed by atoms with van der Waals surface area (Å²) in [5.74, 6) is -0.918. The van der Waals surface area contributed by atoms with Gasteiger partial charge in [-0.3, -0.25) is 10.0 Å². The first-order valence-electron chi connectivity index (χ1n) is 10.2. The van der Waals surface area contributed by atoms with Crippen LogP contribution in [0.25, 0.3) is 20.1 Å². The van der Waals surface area contributed by atoms with Crippen molar-refractivity contribution in [3.8, 4) is 9.88 Å². The van der Waals surface area contributed by atoms with E-state index in [9.17, 15) is 18.4 Å². The minimum Gasteiger partial charge on any atom is -0.381 e. The normalized spacial score (nSPS) is 16.5. The number of aryl methyl sites for hydroxylation is 1. The van der Waals surface area contributed by atoms with Crippen molar-refractivity contribution in [3.63, 3.8) is 0 Å². The summed E-state index contributed by atoms with van der Waals surface area (Å²) in [6.45, 7) is 2.44. The highest BCUT2D eigenvalue weighted by molar-refractivity contribution is 7.93. The summed E-state index contributed by atoms with van der Waals surface area (Å²) in [5, 5.41) is 10.1. The second-order valence-electron chi connectivity index (χ2n) is 7.57. The molecule has 0 bridgehead atoms. The average Bonchev–Trinajstić information content (AvgIpc) is 3.43. The lowest BCUT2D eigenvalue weighted by molar-refractivity contribution is -0.134. The number of nitrogens with zero attached hydrogens (tertiary/aromatic N) is 1. The summed E-state index contributed by atoms with van der Waals surface area (Å²) >= 11 is 3.15. The maximum atomic E-state index is 13.5. The summed E-state index contributed by atoms with van der Waals surface area (Å²) in [4.78, 5) is 19.5. The third-order valence-corrected chi connectivity index (χ3v) is 10.5. The first kappa shape index (κ1) is 22.3. The molecule has 0 saturated carbocycles. The van der Waals surface area contributed by atoms with E-state index in [0.29, 0.717) is 0 Å². The number of ether oxygens (including phenoxy) is 1. The van der Waals surface area contributed by atoms with E-state index >= 15 is 0 Å². The van der Waals surface area contributed by atoms with Gasteiger partial charge in [0.1, 0.15) is 5.01 Å². The van der Waals surface area contributed by atoms with Crippen LogP contribution in [0.1, 0.15) is 37.5 Å². The van der Waals surface area contributed by atoms with Gasteiger partial charge in [0, 0.05) is 18.1 Å². The Hall–Kier alpha value is -1.85. The van der Waals surface area contributed by atoms with Crippen molar-refractivity contribution in [1.29, 1.82) is 0 Å². The fourth-order valence-corrected chi connectivity index (χ4v) is 7.95. The Kier molecular flexibility index (Phi) is 6.45. The zero-order chi connectivity index (χ0) is 22.1. The molecule has 0 atom stereocenters. The maximum Gasteiger partial charge on any atom is 0.265 e. The molecule has 1 fully saturated rings. The molecule has 2 aromatic heterocycles. The van der Waals surface area contributed by atoms with Gasteiger partial charge in [-0.25, -0.2) is 18.9 Å². The Bertz CT molecular complexity index is 1190. The predicted molar refractivity (Wildman–Crippen MR) is 121 cm³/mol. The van der Waals surface area contributed by atoms with Crippen molar-refractivity contribution >= 4 is 48.6 Å². The second-order valence-corrected chi connectivity index (χ2v) is 12.0. The molecule has 1 aliphatic heterocycles. The quantitative estimate of drug-likeness (QED) is 0.388. The van der Waals surface area contributed by atoms with Crippen LogP contribution in [0.4, 0.5) is 0 Å². The Labute approximate surface area is 189 Å². The topological polar surface area (TPSA) is 106 Å². The summed E-state index contributed by atoms with van der Waals surface area (Å²) in [7, 11) is -4.06. The molecule has 1 aromatic carbocycles. The third kappa shape index (κ3) is 4.03. The molecule has 2 N–H and O–H groups in total. The zero-order valence-corrected chi connectivity index (χ0v) is 19.5. The van der Waals surface area contributed by atoms with Crippen molar-refractivity contribution < 1.29 is 23.2 Å². The van der Waals surface area contributed by atoms with E-state index in [4.69, 9.17) is 4.74 Å². The minimum absolute atomic E-state index is 0.0105. The van der Waals surface area contributed by atoms with E-state index in [1.54, 1.807) is 28.9 Å². The van der Waals surface area contributed by atoms with Crippen LogP contribution >= 0.6 is 22.7 Å². The summed E-state index contributed by atoms with van der Waals surface area (Å²) in [5.41, 5.74) is 2.27. The molecule has 1 aliphatic rings. The van der Waals surface area contributed by atoms with Crippen LogP contribution < -0.4 is 5.48 Å². The zero-order valence-electron chi connectivity index (χ0n) is 17.1. The lowest BCUT2D eigenvalue weighted by atomic mass is 9.98. The molecule has 3 heterocycles. The Morgan fingerprint density at radius 1 is 1.23 bits per heavy atom. The fourth-order valence-electron chi connectivity index (χ4n) is 3.80. The highest BCUT2D eigenvalue weighted by atomic mass is 32.2. The molecule has 7 nitrogen and oxygen atoms in total. The lowest BCUT2D eigenvalue weighted by Crippen LogP contribution is -2.54. The van der Waals surface area contributed by atoms with Crippen molar-refractivity contribution in [2.45, 2.75) is 48.7 Å². The highest BCUT2D eigenvalue weighted by Gasteiger charge is 2.52. The number of unbranched alkanes of at least 4 members (excludes halogenated alkanes) is 1. The van der Waals surface area contributed by atoms with E-state index in [0.717, 1.165) is 39.4 Å². The smallest absolute Gasteiger partial charge is 0.265 e. The van der Waals surface area contributed by atoms with Gasteiger partial charge in [-0.2, -0.15) is 0 Å². The largest absolute Gasteiger partial charge is 0.381 e. The van der Waals surface area contributed by atoms with Gasteiger partial charge in [-0.15, -0.1) is 22.7 Å². The molecule has 4 rings (SSSR count). The Balaban J connectivity index is 1.70. The van der Waals surface area contributed by atoms with Crippen LogP contribution in [-0.4, -0.2) is 42.5 Å². The summed E-state index contributed by atoms with van der Waals surface area (Å²) < 4.78 is 31.2. The number of hydrogen-bond acceptors (Lipinski definition) is 8. The number of carbonyl (C=O) groups is 1. The van der Waals surface area contributed by atoms with Crippen LogP contribution in [0, 0.1) is 0 Å². The maximum absolute atomic E-state index is 13.5. The molecule has 0 radical (unpaired) electrons. The first-order chi connectivity index (χ1) is 14.9. The molecule has 0 spiro atoms. The number of hydrogen-bond donors (Lipinski definition) is 2. The average molecular weight is 481 g/mol. The van der Waals surface area contributed by atoms with E-state index in [1.165, 1.54) is 22.3 Å². The lowest BCUT2D eigenvalue weighted by Gasteiger charge is -2.34. The number of thiophene rings is 1. The highest BCUT2D eigenvalue weighted by Crippen LogP contribution is 2.39. The number of hydroxylamine groups is 1. The number of rotatable bonds is 7. The van der Waals surface area contributed by atoms with Crippen molar-refractivity contribution in [1.82, 2.24) is 10.5 Å². The minimum atomic E-state index is -4.06.